The quantitative estimate of drug-likeness (QED) is 0.789. The Hall–Kier alpha value is -2.60. The van der Waals surface area contributed by atoms with Crippen LogP contribution in [0.5, 0.6) is 0 Å². The first-order valence-electron chi connectivity index (χ1n) is 6.15. The van der Waals surface area contributed by atoms with Crippen LogP contribution in [0.2, 0.25) is 5.02 Å². The van der Waals surface area contributed by atoms with Crippen molar-refractivity contribution in [1.29, 1.82) is 0 Å². The van der Waals surface area contributed by atoms with Gasteiger partial charge in [-0.05, 0) is 17.7 Å². The van der Waals surface area contributed by atoms with Crippen molar-refractivity contribution in [1.82, 2.24) is 4.98 Å². The molecule has 2 heterocycles. The molecule has 6 nitrogen and oxygen atoms in total. The topological polar surface area (TPSA) is 91.1 Å². The normalized spacial score (nSPS) is 12.7. The number of anilines is 2. The molecule has 1 aromatic carbocycles. The number of carbonyl (C=O) groups excluding carboxylic acids is 2. The zero-order valence-corrected chi connectivity index (χ0v) is 11.5. The second kappa shape index (κ2) is 5.06. The fourth-order valence-electron chi connectivity index (χ4n) is 2.13. The Morgan fingerprint density at radius 2 is 2.10 bits per heavy atom. The highest BCUT2D eigenvalue weighted by Gasteiger charge is 2.20. The van der Waals surface area contributed by atoms with E-state index >= 15 is 0 Å². The van der Waals surface area contributed by atoms with E-state index in [1.165, 1.54) is 18.5 Å². The number of benzene rings is 1. The third-order valence-corrected chi connectivity index (χ3v) is 3.45. The lowest BCUT2D eigenvalue weighted by Gasteiger charge is -2.09. The number of aromatic amines is 1. The number of H-pyrrole nitrogens is 1. The van der Waals surface area contributed by atoms with E-state index in [-0.39, 0.29) is 28.3 Å². The average Bonchev–Trinajstić information content (AvgIpc) is 2.78. The minimum absolute atomic E-state index is 0.0109. The predicted molar refractivity (Wildman–Crippen MR) is 78.8 cm³/mol. The van der Waals surface area contributed by atoms with E-state index in [2.05, 4.69) is 15.6 Å². The number of hydrogen-bond donors (Lipinski definition) is 3. The van der Waals surface area contributed by atoms with E-state index in [4.69, 9.17) is 11.6 Å². The smallest absolute Gasteiger partial charge is 0.261 e. The van der Waals surface area contributed by atoms with E-state index in [0.717, 1.165) is 5.56 Å². The first-order valence-corrected chi connectivity index (χ1v) is 6.53. The number of amides is 2. The molecule has 0 atom stereocenters. The van der Waals surface area contributed by atoms with Crippen LogP contribution in [0.3, 0.4) is 0 Å². The molecule has 2 amide bonds. The van der Waals surface area contributed by atoms with Crippen molar-refractivity contribution in [2.45, 2.75) is 6.42 Å². The van der Waals surface area contributed by atoms with Gasteiger partial charge < -0.3 is 15.6 Å². The molecule has 1 aliphatic heterocycles. The van der Waals surface area contributed by atoms with Gasteiger partial charge in [0.2, 0.25) is 5.91 Å². The Morgan fingerprint density at radius 1 is 1.29 bits per heavy atom. The summed E-state index contributed by atoms with van der Waals surface area (Å²) in [5.41, 5.74) is 1.35. The van der Waals surface area contributed by atoms with Gasteiger partial charge in [0.1, 0.15) is 5.56 Å². The summed E-state index contributed by atoms with van der Waals surface area (Å²) in [5.74, 6) is -0.681. The molecule has 21 heavy (non-hydrogen) atoms. The molecule has 2 aromatic rings. The molecule has 106 valence electrons. The lowest BCUT2D eigenvalue weighted by atomic mass is 10.1. The molecule has 0 spiro atoms. The second-order valence-electron chi connectivity index (χ2n) is 4.59. The minimum Gasteiger partial charge on any atom is -0.367 e. The van der Waals surface area contributed by atoms with Gasteiger partial charge in [-0.3, -0.25) is 14.4 Å². The van der Waals surface area contributed by atoms with E-state index in [1.807, 2.05) is 0 Å². The molecule has 0 unspecified atom stereocenters. The van der Waals surface area contributed by atoms with Crippen LogP contribution in [0.15, 0.2) is 35.4 Å². The molecular weight excluding hydrogens is 294 g/mol. The Kier molecular flexibility index (Phi) is 3.23. The number of fused-ring (bicyclic) bond motifs is 1. The van der Waals surface area contributed by atoms with Gasteiger partial charge in [-0.15, -0.1) is 0 Å². The maximum atomic E-state index is 12.1. The maximum absolute atomic E-state index is 12.1. The van der Waals surface area contributed by atoms with E-state index in [9.17, 15) is 14.4 Å². The van der Waals surface area contributed by atoms with Crippen molar-refractivity contribution < 1.29 is 9.59 Å². The molecule has 0 bridgehead atoms. The Morgan fingerprint density at radius 3 is 2.86 bits per heavy atom. The Balaban J connectivity index is 1.91. The second-order valence-corrected chi connectivity index (χ2v) is 5.00. The summed E-state index contributed by atoms with van der Waals surface area (Å²) < 4.78 is 0. The summed E-state index contributed by atoms with van der Waals surface area (Å²) in [6, 6.07) is 4.47. The summed E-state index contributed by atoms with van der Waals surface area (Å²) >= 11 is 6.07. The number of hydrogen-bond acceptors (Lipinski definition) is 3. The van der Waals surface area contributed by atoms with Crippen LogP contribution < -0.4 is 16.1 Å². The van der Waals surface area contributed by atoms with Crippen LogP contribution in [0.1, 0.15) is 15.9 Å². The van der Waals surface area contributed by atoms with Crippen LogP contribution in [0.4, 0.5) is 11.4 Å². The van der Waals surface area contributed by atoms with Crippen molar-refractivity contribution in [3.63, 3.8) is 0 Å². The number of aromatic nitrogens is 1. The highest BCUT2D eigenvalue weighted by molar-refractivity contribution is 6.34. The van der Waals surface area contributed by atoms with Crippen LogP contribution in [-0.2, 0) is 11.2 Å². The van der Waals surface area contributed by atoms with Crippen LogP contribution in [-0.4, -0.2) is 16.8 Å². The van der Waals surface area contributed by atoms with Gasteiger partial charge in [-0.1, -0.05) is 11.6 Å². The summed E-state index contributed by atoms with van der Waals surface area (Å²) in [5, 5.41) is 5.54. The van der Waals surface area contributed by atoms with Crippen LogP contribution in [0.25, 0.3) is 0 Å². The molecule has 3 rings (SSSR count). The number of halogens is 1. The van der Waals surface area contributed by atoms with Crippen molar-refractivity contribution >= 4 is 34.8 Å². The zero-order chi connectivity index (χ0) is 15.0. The molecule has 0 fully saturated rings. The van der Waals surface area contributed by atoms with E-state index in [1.54, 1.807) is 12.1 Å². The Bertz CT molecular complexity index is 813. The summed E-state index contributed by atoms with van der Waals surface area (Å²) in [7, 11) is 0. The number of carbonyl (C=O) groups is 2. The zero-order valence-electron chi connectivity index (χ0n) is 10.7. The molecule has 0 saturated heterocycles. The Labute approximate surface area is 124 Å². The van der Waals surface area contributed by atoms with Gasteiger partial charge in [-0.25, -0.2) is 0 Å². The monoisotopic (exact) mass is 303 g/mol. The largest absolute Gasteiger partial charge is 0.367 e. The SMILES string of the molecule is O=C1Cc2cc(NC(=O)c3c[nH]ccc3=O)c(Cl)cc2N1. The number of rotatable bonds is 2. The number of nitrogens with one attached hydrogen (secondary N) is 3. The summed E-state index contributed by atoms with van der Waals surface area (Å²) in [6.07, 6.45) is 3.00. The van der Waals surface area contributed by atoms with Gasteiger partial charge in [-0.2, -0.15) is 0 Å². The molecule has 7 heteroatoms. The van der Waals surface area contributed by atoms with E-state index < -0.39 is 5.91 Å². The van der Waals surface area contributed by atoms with Gasteiger partial charge >= 0.3 is 0 Å². The molecule has 0 saturated carbocycles. The number of pyridine rings is 1. The van der Waals surface area contributed by atoms with Gasteiger partial charge in [0, 0.05) is 24.1 Å². The molecular formula is C14H10ClN3O3. The highest BCUT2D eigenvalue weighted by atomic mass is 35.5. The lowest BCUT2D eigenvalue weighted by molar-refractivity contribution is -0.115. The first kappa shape index (κ1) is 13.4. The third-order valence-electron chi connectivity index (χ3n) is 3.13. The van der Waals surface area contributed by atoms with E-state index in [0.29, 0.717) is 11.4 Å². The minimum atomic E-state index is -0.559. The molecule has 0 radical (unpaired) electrons. The fourth-order valence-corrected chi connectivity index (χ4v) is 2.34. The standard InChI is InChI=1S/C14H10ClN3O3/c15-9-5-10-7(4-13(20)17-10)3-11(9)18-14(21)8-6-16-2-1-12(8)19/h1-3,5-6H,4H2,(H,16,19)(H,17,20)(H,18,21). The van der Waals surface area contributed by atoms with Crippen LogP contribution in [0, 0.1) is 0 Å². The summed E-state index contributed by atoms with van der Waals surface area (Å²) in [4.78, 5) is 37.7. The van der Waals surface area contributed by atoms with Gasteiger partial charge in [0.05, 0.1) is 17.1 Å². The molecule has 1 aliphatic rings. The van der Waals surface area contributed by atoms with Gasteiger partial charge in [0.25, 0.3) is 5.91 Å². The molecule has 3 N–H and O–H groups in total. The molecule has 1 aromatic heterocycles. The fraction of sp³-hybridized carbons (Fsp3) is 0.0714. The average molecular weight is 304 g/mol. The van der Waals surface area contributed by atoms with Crippen molar-refractivity contribution in [3.8, 4) is 0 Å². The van der Waals surface area contributed by atoms with Crippen molar-refractivity contribution in [2.24, 2.45) is 0 Å². The third kappa shape index (κ3) is 2.53. The van der Waals surface area contributed by atoms with Crippen LogP contribution >= 0.6 is 11.6 Å². The summed E-state index contributed by atoms with van der Waals surface area (Å²) in [6.45, 7) is 0. The highest BCUT2D eigenvalue weighted by Crippen LogP contribution is 2.32. The lowest BCUT2D eigenvalue weighted by Crippen LogP contribution is -2.21. The predicted octanol–water partition coefficient (Wildman–Crippen LogP) is 1.78. The molecule has 0 aliphatic carbocycles. The van der Waals surface area contributed by atoms with Crippen molar-refractivity contribution in [3.05, 3.63) is 57.0 Å². The van der Waals surface area contributed by atoms with Gasteiger partial charge in [0.15, 0.2) is 5.43 Å². The maximum Gasteiger partial charge on any atom is 0.261 e. The van der Waals surface area contributed by atoms with Crippen molar-refractivity contribution in [2.75, 3.05) is 10.6 Å². The first-order chi connectivity index (χ1) is 10.0.